The van der Waals surface area contributed by atoms with Crippen LogP contribution in [-0.2, 0) is 16.6 Å². The van der Waals surface area contributed by atoms with Gasteiger partial charge in [-0.2, -0.15) is 4.31 Å². The second kappa shape index (κ2) is 5.71. The highest BCUT2D eigenvalue weighted by molar-refractivity contribution is 9.10. The van der Waals surface area contributed by atoms with Crippen LogP contribution in [0.2, 0.25) is 0 Å². The molecule has 1 heterocycles. The summed E-state index contributed by atoms with van der Waals surface area (Å²) in [6.45, 7) is 4.05. The summed E-state index contributed by atoms with van der Waals surface area (Å²) >= 11 is 3.20. The van der Waals surface area contributed by atoms with Crippen molar-refractivity contribution in [1.29, 1.82) is 0 Å². The summed E-state index contributed by atoms with van der Waals surface area (Å²) < 4.78 is 32.2. The smallest absolute Gasteiger partial charge is 0.243 e. The third kappa shape index (κ3) is 3.13. The lowest BCUT2D eigenvalue weighted by atomic mass is 10.1. The Bertz CT molecular complexity index is 722. The average Bonchev–Trinajstić information content (AvgIpc) is 2.78. The molecule has 6 heteroatoms. The monoisotopic (exact) mass is 357 g/mol. The third-order valence-electron chi connectivity index (χ3n) is 3.19. The summed E-state index contributed by atoms with van der Waals surface area (Å²) in [5.74, 6) is 0.590. The first-order valence-corrected chi connectivity index (χ1v) is 8.32. The molecule has 4 nitrogen and oxygen atoms in total. The van der Waals surface area contributed by atoms with Gasteiger partial charge in [-0.1, -0.05) is 6.07 Å². The second-order valence-electron chi connectivity index (χ2n) is 4.71. The minimum absolute atomic E-state index is 0.195. The van der Waals surface area contributed by atoms with Gasteiger partial charge in [-0.25, -0.2) is 8.42 Å². The van der Waals surface area contributed by atoms with Crippen LogP contribution in [0.1, 0.15) is 16.9 Å². The zero-order valence-electron chi connectivity index (χ0n) is 11.6. The molecule has 0 unspecified atom stereocenters. The zero-order chi connectivity index (χ0) is 14.9. The Morgan fingerprint density at radius 2 is 1.85 bits per heavy atom. The molecule has 108 valence electrons. The first kappa shape index (κ1) is 15.3. The molecule has 0 N–H and O–H groups in total. The minimum atomic E-state index is -3.51. The molecule has 0 saturated carbocycles. The highest BCUT2D eigenvalue weighted by Crippen LogP contribution is 2.21. The fraction of sp³-hybridized carbons (Fsp3) is 0.286. The SMILES string of the molecule is Cc1ccc(S(=O)(=O)N(C)Cc2ccc(Br)o2)cc1C. The van der Waals surface area contributed by atoms with Crippen LogP contribution in [0.4, 0.5) is 0 Å². The van der Waals surface area contributed by atoms with Crippen molar-refractivity contribution in [3.63, 3.8) is 0 Å². The lowest BCUT2D eigenvalue weighted by Crippen LogP contribution is -2.26. The molecule has 2 aromatic rings. The normalized spacial score (nSPS) is 12.1. The highest BCUT2D eigenvalue weighted by Gasteiger charge is 2.22. The van der Waals surface area contributed by atoms with Gasteiger partial charge in [0.2, 0.25) is 10.0 Å². The molecule has 1 aromatic heterocycles. The molecular weight excluding hydrogens is 342 g/mol. The number of nitrogens with zero attached hydrogens (tertiary/aromatic N) is 1. The van der Waals surface area contributed by atoms with Crippen LogP contribution < -0.4 is 0 Å². The molecule has 0 atom stereocenters. The van der Waals surface area contributed by atoms with Gasteiger partial charge < -0.3 is 4.42 Å². The van der Waals surface area contributed by atoms with E-state index in [2.05, 4.69) is 15.9 Å². The van der Waals surface area contributed by atoms with Crippen molar-refractivity contribution in [2.45, 2.75) is 25.3 Å². The van der Waals surface area contributed by atoms with Gasteiger partial charge in [0.25, 0.3) is 0 Å². The fourth-order valence-corrected chi connectivity index (χ4v) is 3.36. The summed E-state index contributed by atoms with van der Waals surface area (Å²) in [7, 11) is -1.97. The van der Waals surface area contributed by atoms with Crippen molar-refractivity contribution in [3.05, 3.63) is 51.9 Å². The zero-order valence-corrected chi connectivity index (χ0v) is 14.0. The number of rotatable bonds is 4. The first-order chi connectivity index (χ1) is 9.30. The Morgan fingerprint density at radius 3 is 2.40 bits per heavy atom. The van der Waals surface area contributed by atoms with Gasteiger partial charge in [0, 0.05) is 7.05 Å². The largest absolute Gasteiger partial charge is 0.453 e. The van der Waals surface area contributed by atoms with Crippen molar-refractivity contribution in [1.82, 2.24) is 4.31 Å². The lowest BCUT2D eigenvalue weighted by Gasteiger charge is -2.16. The molecular formula is C14H16BrNO3S. The van der Waals surface area contributed by atoms with Crippen molar-refractivity contribution >= 4 is 26.0 Å². The summed E-state index contributed by atoms with van der Waals surface area (Å²) in [5, 5.41) is 0. The minimum Gasteiger partial charge on any atom is -0.453 e. The van der Waals surface area contributed by atoms with Gasteiger partial charge >= 0.3 is 0 Å². The van der Waals surface area contributed by atoms with Gasteiger partial charge in [-0.05, 0) is 65.2 Å². The number of aryl methyl sites for hydroxylation is 2. The number of halogens is 1. The van der Waals surface area contributed by atoms with Crippen LogP contribution in [-0.4, -0.2) is 19.8 Å². The predicted octanol–water partition coefficient (Wildman–Crippen LogP) is 3.48. The summed E-state index contributed by atoms with van der Waals surface area (Å²) in [6, 6.07) is 8.63. The Balaban J connectivity index is 2.27. The first-order valence-electron chi connectivity index (χ1n) is 6.08. The average molecular weight is 358 g/mol. The van der Waals surface area contributed by atoms with E-state index in [1.807, 2.05) is 19.9 Å². The van der Waals surface area contributed by atoms with Gasteiger partial charge in [0.15, 0.2) is 4.67 Å². The van der Waals surface area contributed by atoms with Crippen LogP contribution in [0.15, 0.2) is 44.3 Å². The van der Waals surface area contributed by atoms with Crippen LogP contribution in [0.25, 0.3) is 0 Å². The lowest BCUT2D eigenvalue weighted by molar-refractivity contribution is 0.398. The van der Waals surface area contributed by atoms with Gasteiger partial charge in [-0.3, -0.25) is 0 Å². The maximum absolute atomic E-state index is 12.5. The van der Waals surface area contributed by atoms with E-state index in [4.69, 9.17) is 4.42 Å². The number of sulfonamides is 1. The molecule has 0 aliphatic rings. The Labute approximate surface area is 127 Å². The standard InChI is InChI=1S/C14H16BrNO3S/c1-10-4-6-13(8-11(10)2)20(17,18)16(3)9-12-5-7-14(15)19-12/h4-8H,9H2,1-3H3. The van der Waals surface area contributed by atoms with Crippen molar-refractivity contribution < 1.29 is 12.8 Å². The molecule has 20 heavy (non-hydrogen) atoms. The van der Waals surface area contributed by atoms with Crippen molar-refractivity contribution in [3.8, 4) is 0 Å². The van der Waals surface area contributed by atoms with Gasteiger partial charge in [-0.15, -0.1) is 0 Å². The van der Waals surface area contributed by atoms with Gasteiger partial charge in [0.1, 0.15) is 5.76 Å². The van der Waals surface area contributed by atoms with E-state index in [0.717, 1.165) is 11.1 Å². The second-order valence-corrected chi connectivity index (χ2v) is 7.54. The summed E-state index contributed by atoms with van der Waals surface area (Å²) in [6.07, 6.45) is 0. The van der Waals surface area contributed by atoms with Gasteiger partial charge in [0.05, 0.1) is 11.4 Å². The Morgan fingerprint density at radius 1 is 1.15 bits per heavy atom. The Kier molecular flexibility index (Phi) is 4.36. The van der Waals surface area contributed by atoms with E-state index in [1.165, 1.54) is 4.31 Å². The quantitative estimate of drug-likeness (QED) is 0.841. The van der Waals surface area contributed by atoms with E-state index in [9.17, 15) is 8.42 Å². The van der Waals surface area contributed by atoms with Crippen LogP contribution in [0.3, 0.4) is 0 Å². The molecule has 0 radical (unpaired) electrons. The molecule has 0 aliphatic heterocycles. The fourth-order valence-electron chi connectivity index (χ4n) is 1.80. The van der Waals surface area contributed by atoms with E-state index < -0.39 is 10.0 Å². The molecule has 2 rings (SSSR count). The number of hydrogen-bond acceptors (Lipinski definition) is 3. The molecule has 0 bridgehead atoms. The van der Waals surface area contributed by atoms with Crippen LogP contribution in [0.5, 0.6) is 0 Å². The molecule has 0 spiro atoms. The topological polar surface area (TPSA) is 50.5 Å². The van der Waals surface area contributed by atoms with Crippen molar-refractivity contribution in [2.75, 3.05) is 7.05 Å². The maximum atomic E-state index is 12.5. The van der Waals surface area contributed by atoms with E-state index >= 15 is 0 Å². The Hall–Kier alpha value is -1.11. The number of furan rings is 1. The predicted molar refractivity (Wildman–Crippen MR) is 81.0 cm³/mol. The van der Waals surface area contributed by atoms with Crippen LogP contribution in [0, 0.1) is 13.8 Å². The molecule has 0 saturated heterocycles. The summed E-state index contributed by atoms with van der Waals surface area (Å²) in [5.41, 5.74) is 2.03. The third-order valence-corrected chi connectivity index (χ3v) is 5.42. The maximum Gasteiger partial charge on any atom is 0.243 e. The van der Waals surface area contributed by atoms with E-state index in [0.29, 0.717) is 15.3 Å². The number of hydrogen-bond donors (Lipinski definition) is 0. The van der Waals surface area contributed by atoms with Crippen LogP contribution >= 0.6 is 15.9 Å². The molecule has 0 amide bonds. The van der Waals surface area contributed by atoms with E-state index in [-0.39, 0.29) is 6.54 Å². The van der Waals surface area contributed by atoms with E-state index in [1.54, 1.807) is 31.3 Å². The van der Waals surface area contributed by atoms with Crippen molar-refractivity contribution in [2.24, 2.45) is 0 Å². The molecule has 0 fully saturated rings. The highest BCUT2D eigenvalue weighted by atomic mass is 79.9. The summed E-state index contributed by atoms with van der Waals surface area (Å²) in [4.78, 5) is 0.300. The number of benzene rings is 1. The molecule has 1 aromatic carbocycles. The molecule has 0 aliphatic carbocycles.